The van der Waals surface area contributed by atoms with Crippen molar-refractivity contribution in [3.05, 3.63) is 23.2 Å². The summed E-state index contributed by atoms with van der Waals surface area (Å²) >= 11 is 5.87. The van der Waals surface area contributed by atoms with Gasteiger partial charge in [-0.15, -0.1) is 0 Å². The monoisotopic (exact) mass is 285 g/mol. The molecule has 0 aromatic heterocycles. The molecule has 104 valence electrons. The molecule has 5 nitrogen and oxygen atoms in total. The van der Waals surface area contributed by atoms with Crippen molar-refractivity contribution >= 4 is 29.2 Å². The van der Waals surface area contributed by atoms with Crippen molar-refractivity contribution < 1.29 is 19.4 Å². The van der Waals surface area contributed by atoms with E-state index in [1.807, 2.05) is 0 Å². The second-order valence-corrected chi connectivity index (χ2v) is 5.17. The maximum absolute atomic E-state index is 11.8. The van der Waals surface area contributed by atoms with Crippen LogP contribution in [0.5, 0.6) is 5.75 Å². The molecular weight excluding hydrogens is 270 g/mol. The van der Waals surface area contributed by atoms with E-state index < -0.39 is 11.4 Å². The van der Waals surface area contributed by atoms with Crippen LogP contribution in [-0.2, 0) is 9.59 Å². The lowest BCUT2D eigenvalue weighted by Crippen LogP contribution is -2.29. The fourth-order valence-electron chi connectivity index (χ4n) is 1.42. The summed E-state index contributed by atoms with van der Waals surface area (Å²) < 4.78 is 5.03. The van der Waals surface area contributed by atoms with Crippen molar-refractivity contribution in [3.8, 4) is 5.75 Å². The number of hydrogen-bond acceptors (Lipinski definition) is 3. The summed E-state index contributed by atoms with van der Waals surface area (Å²) in [6, 6.07) is 4.79. The zero-order valence-corrected chi connectivity index (χ0v) is 11.7. The van der Waals surface area contributed by atoms with Gasteiger partial charge in [-0.3, -0.25) is 9.59 Å². The molecule has 0 atom stereocenters. The SMILES string of the molecule is COc1cc(NC(=O)CC(C)(C)C(=O)O)ccc1Cl. The van der Waals surface area contributed by atoms with Gasteiger partial charge in [-0.25, -0.2) is 0 Å². The molecule has 0 radical (unpaired) electrons. The van der Waals surface area contributed by atoms with Gasteiger partial charge in [0, 0.05) is 18.2 Å². The molecule has 1 aromatic rings. The van der Waals surface area contributed by atoms with E-state index in [1.165, 1.54) is 21.0 Å². The number of methoxy groups -OCH3 is 1. The average Bonchev–Trinajstić information content (AvgIpc) is 2.30. The second-order valence-electron chi connectivity index (χ2n) is 4.76. The number of ether oxygens (including phenoxy) is 1. The largest absolute Gasteiger partial charge is 0.495 e. The third-order valence-electron chi connectivity index (χ3n) is 2.62. The number of carbonyl (C=O) groups is 2. The molecule has 1 aromatic carbocycles. The van der Waals surface area contributed by atoms with E-state index in [4.69, 9.17) is 21.4 Å². The molecular formula is C13H16ClNO4. The third kappa shape index (κ3) is 4.13. The highest BCUT2D eigenvalue weighted by molar-refractivity contribution is 6.32. The summed E-state index contributed by atoms with van der Waals surface area (Å²) in [6.07, 6.45) is -0.118. The third-order valence-corrected chi connectivity index (χ3v) is 2.93. The van der Waals surface area contributed by atoms with Crippen LogP contribution in [0.1, 0.15) is 20.3 Å². The lowest BCUT2D eigenvalue weighted by Gasteiger charge is -2.18. The Hall–Kier alpha value is -1.75. The number of aliphatic carboxylic acids is 1. The van der Waals surface area contributed by atoms with Crippen LogP contribution in [0, 0.1) is 5.41 Å². The predicted molar refractivity (Wildman–Crippen MR) is 72.7 cm³/mol. The highest BCUT2D eigenvalue weighted by Gasteiger charge is 2.30. The fraction of sp³-hybridized carbons (Fsp3) is 0.385. The molecule has 0 spiro atoms. The first-order chi connectivity index (χ1) is 8.76. The van der Waals surface area contributed by atoms with Gasteiger partial charge in [0.15, 0.2) is 0 Å². The van der Waals surface area contributed by atoms with Gasteiger partial charge in [0.05, 0.1) is 17.5 Å². The van der Waals surface area contributed by atoms with Crippen LogP contribution in [0.3, 0.4) is 0 Å². The molecule has 19 heavy (non-hydrogen) atoms. The second kappa shape index (κ2) is 5.93. The van der Waals surface area contributed by atoms with Crippen LogP contribution in [0.4, 0.5) is 5.69 Å². The van der Waals surface area contributed by atoms with Gasteiger partial charge in [0.2, 0.25) is 5.91 Å². The van der Waals surface area contributed by atoms with Crippen LogP contribution in [0.15, 0.2) is 18.2 Å². The van der Waals surface area contributed by atoms with Crippen LogP contribution < -0.4 is 10.1 Å². The van der Waals surface area contributed by atoms with Gasteiger partial charge >= 0.3 is 5.97 Å². The normalized spacial score (nSPS) is 10.9. The van der Waals surface area contributed by atoms with Crippen LogP contribution in [-0.4, -0.2) is 24.1 Å². The number of amides is 1. The Morgan fingerprint density at radius 3 is 2.58 bits per heavy atom. The molecule has 0 bridgehead atoms. The number of carboxylic acid groups (broad SMARTS) is 1. The van der Waals surface area contributed by atoms with Gasteiger partial charge in [-0.05, 0) is 26.0 Å². The van der Waals surface area contributed by atoms with Crippen molar-refractivity contribution in [1.82, 2.24) is 0 Å². The molecule has 6 heteroatoms. The smallest absolute Gasteiger partial charge is 0.309 e. The first kappa shape index (κ1) is 15.3. The van der Waals surface area contributed by atoms with E-state index in [-0.39, 0.29) is 12.3 Å². The summed E-state index contributed by atoms with van der Waals surface area (Å²) in [4.78, 5) is 22.7. The molecule has 0 fully saturated rings. The molecule has 0 heterocycles. The van der Waals surface area contributed by atoms with Crippen molar-refractivity contribution in [2.75, 3.05) is 12.4 Å². The molecule has 0 aliphatic heterocycles. The van der Waals surface area contributed by atoms with Gasteiger partial charge in [0.1, 0.15) is 5.75 Å². The minimum atomic E-state index is -1.11. The minimum absolute atomic E-state index is 0.118. The molecule has 1 amide bonds. The van der Waals surface area contributed by atoms with Crippen molar-refractivity contribution in [3.63, 3.8) is 0 Å². The number of benzene rings is 1. The quantitative estimate of drug-likeness (QED) is 0.872. The first-order valence-corrected chi connectivity index (χ1v) is 6.01. The Balaban J connectivity index is 2.75. The maximum atomic E-state index is 11.8. The Morgan fingerprint density at radius 1 is 1.42 bits per heavy atom. The zero-order valence-electron chi connectivity index (χ0n) is 11.0. The predicted octanol–water partition coefficient (Wildman–Crippen LogP) is 2.79. The summed E-state index contributed by atoms with van der Waals surface area (Å²) in [7, 11) is 1.47. The molecule has 0 saturated heterocycles. The Kier molecular flexibility index (Phi) is 4.78. The summed E-state index contributed by atoms with van der Waals surface area (Å²) in [5, 5.41) is 12.0. The number of anilines is 1. The standard InChI is InChI=1S/C13H16ClNO4/c1-13(2,12(17)18)7-11(16)15-8-4-5-9(14)10(6-8)19-3/h4-6H,7H2,1-3H3,(H,15,16)(H,17,18). The lowest BCUT2D eigenvalue weighted by molar-refractivity contribution is -0.148. The van der Waals surface area contributed by atoms with E-state index in [2.05, 4.69) is 5.32 Å². The minimum Gasteiger partial charge on any atom is -0.495 e. The number of nitrogens with one attached hydrogen (secondary N) is 1. The Morgan fingerprint density at radius 2 is 2.05 bits per heavy atom. The van der Waals surface area contributed by atoms with E-state index in [0.717, 1.165) is 0 Å². The summed E-state index contributed by atoms with van der Waals surface area (Å²) in [5.74, 6) is -0.954. The lowest BCUT2D eigenvalue weighted by atomic mass is 9.89. The van der Waals surface area contributed by atoms with E-state index in [0.29, 0.717) is 16.5 Å². The molecule has 1 rings (SSSR count). The highest BCUT2D eigenvalue weighted by atomic mass is 35.5. The zero-order chi connectivity index (χ0) is 14.6. The van der Waals surface area contributed by atoms with Crippen LogP contribution >= 0.6 is 11.6 Å². The van der Waals surface area contributed by atoms with Crippen molar-refractivity contribution in [2.45, 2.75) is 20.3 Å². The van der Waals surface area contributed by atoms with Gasteiger partial charge in [-0.1, -0.05) is 11.6 Å². The number of halogens is 1. The summed E-state index contributed by atoms with van der Waals surface area (Å²) in [5.41, 5.74) is -0.604. The maximum Gasteiger partial charge on any atom is 0.309 e. The van der Waals surface area contributed by atoms with Crippen molar-refractivity contribution in [2.24, 2.45) is 5.41 Å². The van der Waals surface area contributed by atoms with Crippen LogP contribution in [0.2, 0.25) is 5.02 Å². The Bertz CT molecular complexity index is 499. The summed E-state index contributed by atoms with van der Waals surface area (Å²) in [6.45, 7) is 2.99. The number of hydrogen-bond donors (Lipinski definition) is 2. The molecule has 0 aliphatic carbocycles. The number of rotatable bonds is 5. The van der Waals surface area contributed by atoms with E-state index in [1.54, 1.807) is 18.2 Å². The number of carboxylic acids is 1. The molecule has 2 N–H and O–H groups in total. The molecule has 0 aliphatic rings. The Labute approximate surface area is 116 Å². The molecule has 0 unspecified atom stereocenters. The topological polar surface area (TPSA) is 75.6 Å². The fourth-order valence-corrected chi connectivity index (χ4v) is 1.61. The van der Waals surface area contributed by atoms with Gasteiger partial charge in [-0.2, -0.15) is 0 Å². The average molecular weight is 286 g/mol. The first-order valence-electron chi connectivity index (χ1n) is 5.63. The highest BCUT2D eigenvalue weighted by Crippen LogP contribution is 2.28. The van der Waals surface area contributed by atoms with Gasteiger partial charge in [0.25, 0.3) is 0 Å². The van der Waals surface area contributed by atoms with E-state index in [9.17, 15) is 9.59 Å². The van der Waals surface area contributed by atoms with Crippen molar-refractivity contribution in [1.29, 1.82) is 0 Å². The number of carbonyl (C=O) groups excluding carboxylic acids is 1. The van der Waals surface area contributed by atoms with E-state index >= 15 is 0 Å². The van der Waals surface area contributed by atoms with Gasteiger partial charge < -0.3 is 15.2 Å². The molecule has 0 saturated carbocycles. The van der Waals surface area contributed by atoms with Crippen LogP contribution in [0.25, 0.3) is 0 Å².